The number of rotatable bonds is 5. The van der Waals surface area contributed by atoms with Crippen molar-refractivity contribution >= 4 is 45.0 Å². The van der Waals surface area contributed by atoms with Gasteiger partial charge in [-0.25, -0.2) is 4.39 Å². The molecule has 1 aromatic rings. The highest BCUT2D eigenvalue weighted by Gasteiger charge is 2.17. The SMILES string of the molecule is O=C(c1ccc(F)cc1Br)N(CCCl)CCCl. The first-order valence-corrected chi connectivity index (χ1v) is 6.82. The third-order valence-corrected chi connectivity index (χ3v) is 3.15. The number of nitrogens with zero attached hydrogens (tertiary/aromatic N) is 1. The van der Waals surface area contributed by atoms with Crippen LogP contribution < -0.4 is 0 Å². The van der Waals surface area contributed by atoms with Gasteiger partial charge < -0.3 is 4.90 Å². The molecule has 0 aliphatic heterocycles. The highest BCUT2D eigenvalue weighted by Crippen LogP contribution is 2.19. The zero-order chi connectivity index (χ0) is 12.8. The maximum atomic E-state index is 12.9. The third-order valence-electron chi connectivity index (χ3n) is 2.16. The van der Waals surface area contributed by atoms with Crippen LogP contribution in [0.3, 0.4) is 0 Å². The molecule has 0 unspecified atom stereocenters. The Morgan fingerprint density at radius 2 is 1.88 bits per heavy atom. The fourth-order valence-electron chi connectivity index (χ4n) is 1.35. The first-order chi connectivity index (χ1) is 8.10. The number of benzene rings is 1. The van der Waals surface area contributed by atoms with Crippen molar-refractivity contribution in [2.24, 2.45) is 0 Å². The van der Waals surface area contributed by atoms with Crippen molar-refractivity contribution in [1.82, 2.24) is 4.90 Å². The first kappa shape index (κ1) is 14.7. The number of halogens is 4. The number of alkyl halides is 2. The van der Waals surface area contributed by atoms with E-state index >= 15 is 0 Å². The topological polar surface area (TPSA) is 20.3 Å². The summed E-state index contributed by atoms with van der Waals surface area (Å²) in [6, 6.07) is 3.95. The Morgan fingerprint density at radius 3 is 2.35 bits per heavy atom. The summed E-state index contributed by atoms with van der Waals surface area (Å²) in [6.07, 6.45) is 0. The summed E-state index contributed by atoms with van der Waals surface area (Å²) in [5.41, 5.74) is 0.404. The number of hydrogen-bond donors (Lipinski definition) is 0. The lowest BCUT2D eigenvalue weighted by Crippen LogP contribution is -2.34. The Hall–Kier alpha value is -0.320. The second-order valence-corrected chi connectivity index (χ2v) is 4.90. The van der Waals surface area contributed by atoms with Gasteiger partial charge in [-0.15, -0.1) is 23.2 Å². The van der Waals surface area contributed by atoms with E-state index in [-0.39, 0.29) is 5.91 Å². The summed E-state index contributed by atoms with van der Waals surface area (Å²) >= 11 is 14.4. The molecule has 0 bridgehead atoms. The molecule has 0 spiro atoms. The van der Waals surface area contributed by atoms with Gasteiger partial charge in [0.25, 0.3) is 5.91 Å². The van der Waals surface area contributed by atoms with Crippen molar-refractivity contribution < 1.29 is 9.18 Å². The molecule has 1 amide bonds. The van der Waals surface area contributed by atoms with E-state index in [0.29, 0.717) is 34.9 Å². The predicted octanol–water partition coefficient (Wildman–Crippen LogP) is 3.51. The van der Waals surface area contributed by atoms with Crippen LogP contribution in [-0.4, -0.2) is 35.7 Å². The Morgan fingerprint density at radius 1 is 1.29 bits per heavy atom. The van der Waals surface area contributed by atoms with E-state index in [2.05, 4.69) is 15.9 Å². The molecule has 0 radical (unpaired) electrons. The van der Waals surface area contributed by atoms with Crippen molar-refractivity contribution in [2.75, 3.05) is 24.8 Å². The van der Waals surface area contributed by atoms with Crippen molar-refractivity contribution in [3.05, 3.63) is 34.1 Å². The van der Waals surface area contributed by atoms with Crippen molar-refractivity contribution in [2.45, 2.75) is 0 Å². The van der Waals surface area contributed by atoms with E-state index in [9.17, 15) is 9.18 Å². The van der Waals surface area contributed by atoms with E-state index in [1.54, 1.807) is 0 Å². The second kappa shape index (κ2) is 7.19. The smallest absolute Gasteiger partial charge is 0.255 e. The van der Waals surface area contributed by atoms with Crippen LogP contribution in [0.5, 0.6) is 0 Å². The third kappa shape index (κ3) is 4.12. The van der Waals surface area contributed by atoms with Gasteiger partial charge in [-0.2, -0.15) is 0 Å². The molecule has 0 aliphatic rings. The zero-order valence-electron chi connectivity index (χ0n) is 8.93. The van der Waals surface area contributed by atoms with E-state index in [1.165, 1.54) is 23.1 Å². The highest BCUT2D eigenvalue weighted by atomic mass is 79.9. The largest absolute Gasteiger partial charge is 0.336 e. The summed E-state index contributed by atoms with van der Waals surface area (Å²) in [6.45, 7) is 0.827. The van der Waals surface area contributed by atoms with Crippen LogP contribution in [0.1, 0.15) is 10.4 Å². The minimum atomic E-state index is -0.394. The maximum absolute atomic E-state index is 12.9. The number of amides is 1. The van der Waals surface area contributed by atoms with Gasteiger partial charge in [0, 0.05) is 29.3 Å². The van der Waals surface area contributed by atoms with Gasteiger partial charge >= 0.3 is 0 Å². The van der Waals surface area contributed by atoms with Crippen molar-refractivity contribution in [1.29, 1.82) is 0 Å². The van der Waals surface area contributed by atoms with Gasteiger partial charge in [-0.3, -0.25) is 4.79 Å². The van der Waals surface area contributed by atoms with Crippen LogP contribution >= 0.6 is 39.1 Å². The lowest BCUT2D eigenvalue weighted by atomic mass is 10.2. The van der Waals surface area contributed by atoms with Gasteiger partial charge in [0.05, 0.1) is 5.56 Å². The van der Waals surface area contributed by atoms with Gasteiger partial charge in [-0.05, 0) is 34.1 Å². The number of carbonyl (C=O) groups excluding carboxylic acids is 1. The standard InChI is InChI=1S/C11H11BrCl2FNO/c12-10-7-8(15)1-2-9(10)11(17)16(5-3-13)6-4-14/h1-2,7H,3-6H2. The fraction of sp³-hybridized carbons (Fsp3) is 0.364. The van der Waals surface area contributed by atoms with Crippen LogP contribution in [0, 0.1) is 5.82 Å². The monoisotopic (exact) mass is 341 g/mol. The lowest BCUT2D eigenvalue weighted by Gasteiger charge is -2.21. The average molecular weight is 343 g/mol. The molecule has 17 heavy (non-hydrogen) atoms. The molecule has 0 saturated carbocycles. The predicted molar refractivity (Wildman–Crippen MR) is 71.4 cm³/mol. The normalized spacial score (nSPS) is 10.4. The zero-order valence-corrected chi connectivity index (χ0v) is 12.0. The van der Waals surface area contributed by atoms with Gasteiger partial charge in [0.1, 0.15) is 5.82 Å². The molecule has 1 rings (SSSR count). The van der Waals surface area contributed by atoms with E-state index in [1.807, 2.05) is 0 Å². The van der Waals surface area contributed by atoms with Crippen LogP contribution in [-0.2, 0) is 0 Å². The van der Waals surface area contributed by atoms with E-state index < -0.39 is 5.82 Å². The average Bonchev–Trinajstić information content (AvgIpc) is 2.28. The van der Waals surface area contributed by atoms with Gasteiger partial charge in [-0.1, -0.05) is 0 Å². The van der Waals surface area contributed by atoms with Gasteiger partial charge in [0.2, 0.25) is 0 Å². The lowest BCUT2D eigenvalue weighted by molar-refractivity contribution is 0.0774. The molecular formula is C11H11BrCl2FNO. The molecule has 0 atom stereocenters. The Kier molecular flexibility index (Phi) is 6.23. The molecule has 0 N–H and O–H groups in total. The highest BCUT2D eigenvalue weighted by molar-refractivity contribution is 9.10. The molecule has 0 heterocycles. The summed E-state index contributed by atoms with van der Waals surface area (Å²) < 4.78 is 13.3. The summed E-state index contributed by atoms with van der Waals surface area (Å²) in [5, 5.41) is 0. The first-order valence-electron chi connectivity index (χ1n) is 4.96. The minimum Gasteiger partial charge on any atom is -0.336 e. The van der Waals surface area contributed by atoms with Crippen LogP contribution in [0.4, 0.5) is 4.39 Å². The Labute approximate surface area is 118 Å². The fourth-order valence-corrected chi connectivity index (χ4v) is 2.28. The van der Waals surface area contributed by atoms with E-state index in [4.69, 9.17) is 23.2 Å². The molecule has 0 fully saturated rings. The van der Waals surface area contributed by atoms with E-state index in [0.717, 1.165) is 0 Å². The van der Waals surface area contributed by atoms with Gasteiger partial charge in [0.15, 0.2) is 0 Å². The molecular weight excluding hydrogens is 332 g/mol. The quantitative estimate of drug-likeness (QED) is 0.750. The molecule has 0 aliphatic carbocycles. The Bertz CT molecular complexity index is 397. The molecule has 0 aromatic heterocycles. The van der Waals surface area contributed by atoms with Crippen molar-refractivity contribution in [3.8, 4) is 0 Å². The maximum Gasteiger partial charge on any atom is 0.255 e. The number of carbonyl (C=O) groups is 1. The number of hydrogen-bond acceptors (Lipinski definition) is 1. The summed E-state index contributed by atoms with van der Waals surface area (Å²) in [5.74, 6) is 0.0657. The van der Waals surface area contributed by atoms with Crippen LogP contribution in [0.25, 0.3) is 0 Å². The molecule has 2 nitrogen and oxygen atoms in total. The van der Waals surface area contributed by atoms with Crippen LogP contribution in [0.15, 0.2) is 22.7 Å². The van der Waals surface area contributed by atoms with Crippen LogP contribution in [0.2, 0.25) is 0 Å². The molecule has 6 heteroatoms. The molecule has 94 valence electrons. The molecule has 1 aromatic carbocycles. The second-order valence-electron chi connectivity index (χ2n) is 3.29. The summed E-state index contributed by atoms with van der Waals surface area (Å²) in [7, 11) is 0. The summed E-state index contributed by atoms with van der Waals surface area (Å²) in [4.78, 5) is 13.7. The Balaban J connectivity index is 2.92. The van der Waals surface area contributed by atoms with Crippen molar-refractivity contribution in [3.63, 3.8) is 0 Å². The molecule has 0 saturated heterocycles. The minimum absolute atomic E-state index is 0.210.